The maximum Gasteiger partial charge on any atom is 0.404 e. The number of rotatable bonds is 4. The fourth-order valence-electron chi connectivity index (χ4n) is 5.04. The first-order valence-electron chi connectivity index (χ1n) is 10.5. The molecule has 154 valence electrons. The molecular weight excluding hydrogens is 368 g/mol. The molecule has 0 spiro atoms. The predicted octanol–water partition coefficient (Wildman–Crippen LogP) is 3.49. The van der Waals surface area contributed by atoms with Crippen LogP contribution in [0.1, 0.15) is 50.0 Å². The zero-order valence-electron chi connectivity index (χ0n) is 16.5. The van der Waals surface area contributed by atoms with Crippen molar-refractivity contribution >= 4 is 22.8 Å². The van der Waals surface area contributed by atoms with Gasteiger partial charge in [-0.2, -0.15) is 0 Å². The van der Waals surface area contributed by atoms with Crippen LogP contribution in [-0.4, -0.2) is 51.8 Å². The third-order valence-electron chi connectivity index (χ3n) is 6.47. The fourth-order valence-corrected chi connectivity index (χ4v) is 5.04. The van der Waals surface area contributed by atoms with Crippen LogP contribution in [0.5, 0.6) is 0 Å². The Balaban J connectivity index is 1.71. The van der Waals surface area contributed by atoms with E-state index in [0.29, 0.717) is 32.4 Å². The number of hydrogen-bond acceptors (Lipinski definition) is 3. The van der Waals surface area contributed by atoms with Gasteiger partial charge < -0.3 is 20.4 Å². The lowest BCUT2D eigenvalue weighted by atomic mass is 9.71. The van der Waals surface area contributed by atoms with Crippen molar-refractivity contribution in [2.24, 2.45) is 0 Å². The molecule has 1 saturated carbocycles. The average Bonchev–Trinajstić information content (AvgIpc) is 3.16. The summed E-state index contributed by atoms with van der Waals surface area (Å²) >= 11 is 0. The van der Waals surface area contributed by atoms with Crippen LogP contribution < -0.4 is 5.32 Å². The molecule has 3 N–H and O–H groups in total. The molecule has 2 fully saturated rings. The van der Waals surface area contributed by atoms with Crippen LogP contribution in [0, 0.1) is 0 Å². The molecule has 0 bridgehead atoms. The van der Waals surface area contributed by atoms with Crippen LogP contribution >= 0.6 is 0 Å². The number of likely N-dealkylation sites (tertiary alicyclic amines) is 1. The van der Waals surface area contributed by atoms with Gasteiger partial charge in [0.05, 0.1) is 17.6 Å². The Bertz CT molecular complexity index is 901. The smallest absolute Gasteiger partial charge is 0.404 e. The lowest BCUT2D eigenvalue weighted by Gasteiger charge is -2.40. The zero-order chi connectivity index (χ0) is 20.4. The standard InChI is InChI=1S/C23H28N2O4/c26-21(25-14-11-17(15-25)24-22(27)28)20(23(29)12-4-1-5-13-23)19-10-6-8-16-7-2-3-9-18(16)19/h2-3,6-10,17,20,24,29H,1,4-5,11-15H2,(H,27,28)/t17-,20?/m1/s1. The number of amides is 2. The minimum atomic E-state index is -1.07. The van der Waals surface area contributed by atoms with E-state index in [1.54, 1.807) is 4.90 Å². The molecule has 1 aliphatic heterocycles. The Morgan fingerprint density at radius 2 is 1.79 bits per heavy atom. The monoisotopic (exact) mass is 396 g/mol. The Morgan fingerprint density at radius 1 is 1.07 bits per heavy atom. The maximum absolute atomic E-state index is 13.7. The van der Waals surface area contributed by atoms with Gasteiger partial charge in [0.25, 0.3) is 0 Å². The molecule has 2 aromatic rings. The number of nitrogens with one attached hydrogen (secondary N) is 1. The first kappa shape index (κ1) is 19.7. The molecule has 29 heavy (non-hydrogen) atoms. The van der Waals surface area contributed by atoms with Crippen LogP contribution in [0.4, 0.5) is 4.79 Å². The second kappa shape index (κ2) is 8.03. The number of fused-ring (bicyclic) bond motifs is 1. The highest BCUT2D eigenvalue weighted by atomic mass is 16.4. The molecular formula is C23H28N2O4. The molecule has 1 saturated heterocycles. The summed E-state index contributed by atoms with van der Waals surface area (Å²) in [4.78, 5) is 26.4. The van der Waals surface area contributed by atoms with Crippen molar-refractivity contribution < 1.29 is 19.8 Å². The van der Waals surface area contributed by atoms with Crippen molar-refractivity contribution in [3.8, 4) is 0 Å². The largest absolute Gasteiger partial charge is 0.465 e. The lowest BCUT2D eigenvalue weighted by Crippen LogP contribution is -2.48. The number of benzene rings is 2. The van der Waals surface area contributed by atoms with Crippen molar-refractivity contribution in [3.63, 3.8) is 0 Å². The number of carbonyl (C=O) groups is 2. The van der Waals surface area contributed by atoms with Gasteiger partial charge in [0.2, 0.25) is 5.91 Å². The minimum Gasteiger partial charge on any atom is -0.465 e. The van der Waals surface area contributed by atoms with Crippen LogP contribution in [0.15, 0.2) is 42.5 Å². The van der Waals surface area contributed by atoms with Gasteiger partial charge in [0.15, 0.2) is 0 Å². The first-order valence-corrected chi connectivity index (χ1v) is 10.5. The van der Waals surface area contributed by atoms with Gasteiger partial charge >= 0.3 is 6.09 Å². The van der Waals surface area contributed by atoms with E-state index in [1.165, 1.54) is 0 Å². The highest BCUT2D eigenvalue weighted by Gasteiger charge is 2.46. The highest BCUT2D eigenvalue weighted by molar-refractivity contribution is 5.94. The van der Waals surface area contributed by atoms with E-state index in [9.17, 15) is 14.7 Å². The number of carboxylic acid groups (broad SMARTS) is 1. The Labute approximate surface area is 170 Å². The Hall–Kier alpha value is -2.60. The third kappa shape index (κ3) is 3.94. The summed E-state index contributed by atoms with van der Waals surface area (Å²) in [6, 6.07) is 13.6. The molecule has 0 aromatic heterocycles. The zero-order valence-corrected chi connectivity index (χ0v) is 16.5. The normalized spacial score (nSPS) is 22.4. The van der Waals surface area contributed by atoms with Crippen LogP contribution in [0.2, 0.25) is 0 Å². The SMILES string of the molecule is O=C(O)N[C@@H]1CCN(C(=O)C(c2cccc3ccccc23)C2(O)CCCCC2)C1. The summed E-state index contributed by atoms with van der Waals surface area (Å²) in [5.74, 6) is -0.738. The van der Waals surface area contributed by atoms with Crippen molar-refractivity contribution in [3.05, 3.63) is 48.0 Å². The molecule has 1 unspecified atom stereocenters. The van der Waals surface area contributed by atoms with E-state index in [-0.39, 0.29) is 11.9 Å². The minimum absolute atomic E-state index is 0.0968. The highest BCUT2D eigenvalue weighted by Crippen LogP contribution is 2.43. The topological polar surface area (TPSA) is 89.9 Å². The summed E-state index contributed by atoms with van der Waals surface area (Å²) in [5, 5.41) is 25.2. The van der Waals surface area contributed by atoms with Gasteiger partial charge in [-0.25, -0.2) is 4.79 Å². The van der Waals surface area contributed by atoms with E-state index in [0.717, 1.165) is 35.6 Å². The van der Waals surface area contributed by atoms with Crippen molar-refractivity contribution in [1.82, 2.24) is 10.2 Å². The van der Waals surface area contributed by atoms with Crippen molar-refractivity contribution in [2.75, 3.05) is 13.1 Å². The van der Waals surface area contributed by atoms with E-state index < -0.39 is 17.6 Å². The quantitative estimate of drug-likeness (QED) is 0.738. The maximum atomic E-state index is 13.7. The average molecular weight is 396 g/mol. The lowest BCUT2D eigenvalue weighted by molar-refractivity contribution is -0.140. The second-order valence-corrected chi connectivity index (χ2v) is 8.38. The third-order valence-corrected chi connectivity index (χ3v) is 6.47. The van der Waals surface area contributed by atoms with Crippen molar-refractivity contribution in [1.29, 1.82) is 0 Å². The predicted molar refractivity (Wildman–Crippen MR) is 111 cm³/mol. The fraction of sp³-hybridized carbons (Fsp3) is 0.478. The van der Waals surface area contributed by atoms with Crippen LogP contribution in [0.25, 0.3) is 10.8 Å². The number of carbonyl (C=O) groups excluding carboxylic acids is 1. The molecule has 2 amide bonds. The summed E-state index contributed by atoms with van der Waals surface area (Å²) < 4.78 is 0. The van der Waals surface area contributed by atoms with Gasteiger partial charge in [0.1, 0.15) is 0 Å². The summed E-state index contributed by atoms with van der Waals surface area (Å²) in [5.41, 5.74) is -0.204. The molecule has 0 radical (unpaired) electrons. The van der Waals surface area contributed by atoms with Gasteiger partial charge in [-0.05, 0) is 35.6 Å². The summed E-state index contributed by atoms with van der Waals surface area (Å²) in [6.07, 6.45) is 3.64. The molecule has 2 atom stereocenters. The van der Waals surface area contributed by atoms with Gasteiger partial charge in [-0.1, -0.05) is 61.7 Å². The molecule has 6 nitrogen and oxygen atoms in total. The number of aliphatic hydroxyl groups is 1. The number of nitrogens with zero attached hydrogens (tertiary/aromatic N) is 1. The molecule has 4 rings (SSSR count). The van der Waals surface area contributed by atoms with Gasteiger partial charge in [-0.15, -0.1) is 0 Å². The summed E-state index contributed by atoms with van der Waals surface area (Å²) in [6.45, 7) is 0.851. The molecule has 1 heterocycles. The van der Waals surface area contributed by atoms with Crippen LogP contribution in [-0.2, 0) is 4.79 Å². The molecule has 1 aliphatic carbocycles. The van der Waals surface area contributed by atoms with E-state index in [4.69, 9.17) is 5.11 Å². The van der Waals surface area contributed by atoms with Crippen LogP contribution in [0.3, 0.4) is 0 Å². The number of hydrogen-bond donors (Lipinski definition) is 3. The first-order chi connectivity index (χ1) is 14.0. The molecule has 6 heteroatoms. The summed E-state index contributed by atoms with van der Waals surface area (Å²) in [7, 11) is 0. The van der Waals surface area contributed by atoms with E-state index in [2.05, 4.69) is 5.32 Å². The van der Waals surface area contributed by atoms with Gasteiger partial charge in [-0.3, -0.25) is 4.79 Å². The second-order valence-electron chi connectivity index (χ2n) is 8.38. The van der Waals surface area contributed by atoms with Gasteiger partial charge in [0, 0.05) is 13.1 Å². The van der Waals surface area contributed by atoms with E-state index in [1.807, 2.05) is 42.5 Å². The Morgan fingerprint density at radius 3 is 2.55 bits per heavy atom. The molecule has 2 aromatic carbocycles. The van der Waals surface area contributed by atoms with E-state index >= 15 is 0 Å². The Kier molecular flexibility index (Phi) is 5.46. The molecule has 2 aliphatic rings. The van der Waals surface area contributed by atoms with Crippen molar-refractivity contribution in [2.45, 2.75) is 56.1 Å².